The Labute approximate surface area is 168 Å². The highest BCUT2D eigenvalue weighted by molar-refractivity contribution is 5.92. The Bertz CT molecular complexity index is 832. The van der Waals surface area contributed by atoms with Crippen LogP contribution in [0.2, 0.25) is 0 Å². The van der Waals surface area contributed by atoms with Crippen LogP contribution in [-0.2, 0) is 16.0 Å². The number of likely N-dealkylation sites (N-methyl/N-ethyl adjacent to an activating group) is 1. The van der Waals surface area contributed by atoms with Crippen molar-refractivity contribution in [2.24, 2.45) is 0 Å². The topological polar surface area (TPSA) is 40.6 Å². The van der Waals surface area contributed by atoms with Crippen molar-refractivity contribution in [3.05, 3.63) is 60.2 Å². The van der Waals surface area contributed by atoms with E-state index in [4.69, 9.17) is 0 Å². The zero-order valence-corrected chi connectivity index (χ0v) is 17.1. The van der Waals surface area contributed by atoms with Crippen LogP contribution in [0.3, 0.4) is 0 Å². The third-order valence-corrected chi connectivity index (χ3v) is 5.64. The smallest absolute Gasteiger partial charge is 0.248 e. The van der Waals surface area contributed by atoms with Gasteiger partial charge >= 0.3 is 0 Å². The van der Waals surface area contributed by atoms with E-state index in [1.165, 1.54) is 0 Å². The fourth-order valence-electron chi connectivity index (χ4n) is 4.38. The van der Waals surface area contributed by atoms with Gasteiger partial charge in [-0.25, -0.2) is 0 Å². The van der Waals surface area contributed by atoms with E-state index in [9.17, 15) is 9.59 Å². The number of amides is 2. The highest BCUT2D eigenvalue weighted by Crippen LogP contribution is 2.37. The molecule has 148 valence electrons. The number of carbonyl (C=O) groups excluding carboxylic acids is 2. The summed E-state index contributed by atoms with van der Waals surface area (Å²) in [4.78, 5) is 29.8. The fraction of sp³-hybridized carbons (Fsp3) is 0.417. The first-order valence-electron chi connectivity index (χ1n) is 10.1. The predicted octanol–water partition coefficient (Wildman–Crippen LogP) is 4.15. The molecule has 1 aliphatic heterocycles. The van der Waals surface area contributed by atoms with Gasteiger partial charge in [-0.1, -0.05) is 61.5 Å². The minimum Gasteiger partial charge on any atom is -0.347 e. The largest absolute Gasteiger partial charge is 0.347 e. The number of hydrogen-bond acceptors (Lipinski definition) is 2. The summed E-state index contributed by atoms with van der Waals surface area (Å²) in [5, 5.41) is 0. The average molecular weight is 379 g/mol. The van der Waals surface area contributed by atoms with Crippen LogP contribution in [0.25, 0.3) is 11.1 Å². The van der Waals surface area contributed by atoms with Crippen LogP contribution in [0.15, 0.2) is 54.6 Å². The molecule has 4 nitrogen and oxygen atoms in total. The maximum atomic E-state index is 13.4. The second kappa shape index (κ2) is 8.59. The van der Waals surface area contributed by atoms with Gasteiger partial charge < -0.3 is 9.80 Å². The van der Waals surface area contributed by atoms with E-state index in [1.807, 2.05) is 42.2 Å². The molecule has 28 heavy (non-hydrogen) atoms. The van der Waals surface area contributed by atoms with Crippen molar-refractivity contribution in [1.29, 1.82) is 0 Å². The molecule has 4 heteroatoms. The molecule has 2 amide bonds. The molecule has 0 aromatic heterocycles. The van der Waals surface area contributed by atoms with E-state index in [0.29, 0.717) is 25.8 Å². The Kier molecular flexibility index (Phi) is 6.18. The molecular formula is C24H30N2O2. The van der Waals surface area contributed by atoms with E-state index in [0.717, 1.165) is 29.5 Å². The molecule has 2 aromatic rings. The summed E-state index contributed by atoms with van der Waals surface area (Å²) in [6.45, 7) is 2.67. The summed E-state index contributed by atoms with van der Waals surface area (Å²) in [7, 11) is 3.57. The van der Waals surface area contributed by atoms with Gasteiger partial charge in [-0.3, -0.25) is 9.59 Å². The van der Waals surface area contributed by atoms with Crippen LogP contribution in [0.4, 0.5) is 0 Å². The molecule has 0 N–H and O–H groups in total. The molecule has 1 saturated heterocycles. The van der Waals surface area contributed by atoms with Crippen LogP contribution in [0, 0.1) is 0 Å². The van der Waals surface area contributed by atoms with Gasteiger partial charge in [0.1, 0.15) is 5.54 Å². The maximum Gasteiger partial charge on any atom is 0.248 e. The van der Waals surface area contributed by atoms with E-state index >= 15 is 0 Å². The summed E-state index contributed by atoms with van der Waals surface area (Å²) in [6, 6.07) is 18.5. The van der Waals surface area contributed by atoms with Gasteiger partial charge in [0.05, 0.1) is 0 Å². The number of carbonyl (C=O) groups is 2. The minimum atomic E-state index is -0.791. The molecule has 1 fully saturated rings. The Balaban J connectivity index is 2.05. The van der Waals surface area contributed by atoms with Crippen LogP contribution in [-0.4, -0.2) is 47.8 Å². The second-order valence-electron chi connectivity index (χ2n) is 7.83. The lowest BCUT2D eigenvalue weighted by Crippen LogP contribution is -2.58. The van der Waals surface area contributed by atoms with Gasteiger partial charge in [-0.05, 0) is 36.0 Å². The normalized spacial score (nSPS) is 18.9. The maximum absolute atomic E-state index is 13.4. The molecule has 3 rings (SSSR count). The lowest BCUT2D eigenvalue weighted by molar-refractivity contribution is -0.149. The standard InChI is InChI=1S/C24H30N2O2/c1-4-11-22(27)26-17-10-16-24(26,23(28)25(2)3)18-20-14-8-9-15-21(20)19-12-6-5-7-13-19/h5-9,12-15H,4,10-11,16-18H2,1-3H3. The molecule has 0 aliphatic carbocycles. The third kappa shape index (κ3) is 3.82. The first kappa shape index (κ1) is 20.1. The van der Waals surface area contributed by atoms with Crippen LogP contribution < -0.4 is 0 Å². The zero-order valence-electron chi connectivity index (χ0n) is 17.1. The van der Waals surface area contributed by atoms with Gasteiger partial charge in [-0.2, -0.15) is 0 Å². The molecule has 0 spiro atoms. The van der Waals surface area contributed by atoms with E-state index < -0.39 is 5.54 Å². The summed E-state index contributed by atoms with van der Waals surface area (Å²) < 4.78 is 0. The van der Waals surface area contributed by atoms with Crippen LogP contribution in [0.1, 0.15) is 38.2 Å². The Morgan fingerprint density at radius 1 is 1.04 bits per heavy atom. The van der Waals surface area contributed by atoms with E-state index in [-0.39, 0.29) is 11.8 Å². The number of benzene rings is 2. The quantitative estimate of drug-likeness (QED) is 0.758. The van der Waals surface area contributed by atoms with Gasteiger partial charge in [0, 0.05) is 33.5 Å². The summed E-state index contributed by atoms with van der Waals surface area (Å²) >= 11 is 0. The molecule has 1 heterocycles. The van der Waals surface area contributed by atoms with Crippen molar-refractivity contribution in [3.63, 3.8) is 0 Å². The van der Waals surface area contributed by atoms with Crippen LogP contribution in [0.5, 0.6) is 0 Å². The highest BCUT2D eigenvalue weighted by atomic mass is 16.2. The summed E-state index contributed by atoms with van der Waals surface area (Å²) in [5.41, 5.74) is 2.58. The molecule has 1 atom stereocenters. The molecule has 1 aliphatic rings. The highest BCUT2D eigenvalue weighted by Gasteiger charge is 2.50. The van der Waals surface area contributed by atoms with Crippen molar-refractivity contribution in [2.75, 3.05) is 20.6 Å². The van der Waals surface area contributed by atoms with E-state index in [2.05, 4.69) is 24.3 Å². The minimum absolute atomic E-state index is 0.0253. The first-order chi connectivity index (χ1) is 13.5. The Morgan fingerprint density at radius 2 is 1.71 bits per heavy atom. The summed E-state index contributed by atoms with van der Waals surface area (Å²) in [6.07, 6.45) is 3.40. The number of nitrogens with zero attached hydrogens (tertiary/aromatic N) is 2. The van der Waals surface area contributed by atoms with Crippen molar-refractivity contribution in [3.8, 4) is 11.1 Å². The average Bonchev–Trinajstić information content (AvgIpc) is 3.13. The molecule has 2 aromatic carbocycles. The third-order valence-electron chi connectivity index (χ3n) is 5.64. The monoisotopic (exact) mass is 378 g/mol. The molecule has 0 saturated carbocycles. The fourth-order valence-corrected chi connectivity index (χ4v) is 4.38. The van der Waals surface area contributed by atoms with Crippen molar-refractivity contribution in [1.82, 2.24) is 9.80 Å². The van der Waals surface area contributed by atoms with Crippen LogP contribution >= 0.6 is 0 Å². The van der Waals surface area contributed by atoms with Crippen molar-refractivity contribution in [2.45, 2.75) is 44.6 Å². The summed E-state index contributed by atoms with van der Waals surface area (Å²) in [5.74, 6) is 0.115. The number of likely N-dealkylation sites (tertiary alicyclic amines) is 1. The number of rotatable bonds is 6. The SMILES string of the molecule is CCCC(=O)N1CCCC1(Cc1ccccc1-c1ccccc1)C(=O)N(C)C. The Morgan fingerprint density at radius 3 is 2.39 bits per heavy atom. The lowest BCUT2D eigenvalue weighted by atomic mass is 9.83. The molecule has 0 bridgehead atoms. The van der Waals surface area contributed by atoms with Gasteiger partial charge in [0.15, 0.2) is 0 Å². The molecule has 0 radical (unpaired) electrons. The zero-order chi connectivity index (χ0) is 20.1. The van der Waals surface area contributed by atoms with Gasteiger partial charge in [0.2, 0.25) is 11.8 Å². The molecular weight excluding hydrogens is 348 g/mol. The lowest BCUT2D eigenvalue weighted by Gasteiger charge is -2.39. The van der Waals surface area contributed by atoms with Crippen molar-refractivity contribution >= 4 is 11.8 Å². The Hall–Kier alpha value is -2.62. The van der Waals surface area contributed by atoms with E-state index in [1.54, 1.807) is 19.0 Å². The van der Waals surface area contributed by atoms with Gasteiger partial charge in [-0.15, -0.1) is 0 Å². The first-order valence-corrected chi connectivity index (χ1v) is 10.1. The van der Waals surface area contributed by atoms with Gasteiger partial charge in [0.25, 0.3) is 0 Å². The van der Waals surface area contributed by atoms with Crippen molar-refractivity contribution < 1.29 is 9.59 Å². The second-order valence-corrected chi connectivity index (χ2v) is 7.83. The predicted molar refractivity (Wildman–Crippen MR) is 113 cm³/mol. The number of hydrogen-bond donors (Lipinski definition) is 0. The molecule has 1 unspecified atom stereocenters.